The summed E-state index contributed by atoms with van der Waals surface area (Å²) >= 11 is 3.29. The Hall–Kier alpha value is -0.631. The summed E-state index contributed by atoms with van der Waals surface area (Å²) in [5.74, 6) is -0.0880. The Morgan fingerprint density at radius 1 is 1.23 bits per heavy atom. The monoisotopic (exact) mass is 491 g/mol. The van der Waals surface area contributed by atoms with Crippen LogP contribution in [0.3, 0.4) is 0 Å². The molecule has 0 aromatic carbocycles. The minimum atomic E-state index is -2.79. The molecule has 0 radical (unpaired) electrons. The maximum absolute atomic E-state index is 15.1. The fraction of sp³-hybridized carbons (Fsp3) is 0.722. The van der Waals surface area contributed by atoms with Crippen LogP contribution in [0.15, 0.2) is 0 Å². The van der Waals surface area contributed by atoms with Gasteiger partial charge in [0.15, 0.2) is 0 Å². The van der Waals surface area contributed by atoms with Crippen molar-refractivity contribution in [3.05, 3.63) is 11.1 Å². The van der Waals surface area contributed by atoms with Crippen molar-refractivity contribution in [2.75, 3.05) is 11.9 Å². The maximum atomic E-state index is 15.1. The van der Waals surface area contributed by atoms with E-state index in [0.717, 1.165) is 25.7 Å². The number of hydrogen-bond donors (Lipinski definition) is 1. The molecular formula is C18H27ClFN3O2Sn. The summed E-state index contributed by atoms with van der Waals surface area (Å²) in [4.78, 5) is 27.1. The molecule has 3 saturated carbocycles. The third kappa shape index (κ3) is 3.96. The summed E-state index contributed by atoms with van der Waals surface area (Å²) in [6.45, 7) is 2.17. The Bertz CT molecular complexity index is 690. The quantitative estimate of drug-likeness (QED) is 0.388. The summed E-state index contributed by atoms with van der Waals surface area (Å²) < 4.78 is 20.9. The van der Waals surface area contributed by atoms with Crippen LogP contribution in [-0.4, -0.2) is 47.0 Å². The number of anilines is 1. The first-order valence-electron chi connectivity index (χ1n) is 9.39. The number of esters is 1. The van der Waals surface area contributed by atoms with Gasteiger partial charge in [0.05, 0.1) is 0 Å². The van der Waals surface area contributed by atoms with Gasteiger partial charge in [-0.1, -0.05) is 0 Å². The van der Waals surface area contributed by atoms with Gasteiger partial charge in [0.2, 0.25) is 0 Å². The van der Waals surface area contributed by atoms with E-state index in [0.29, 0.717) is 16.2 Å². The van der Waals surface area contributed by atoms with E-state index in [1.165, 1.54) is 0 Å². The van der Waals surface area contributed by atoms with Gasteiger partial charge in [-0.05, 0) is 0 Å². The van der Waals surface area contributed by atoms with Crippen LogP contribution >= 0.6 is 11.6 Å². The van der Waals surface area contributed by atoms with Gasteiger partial charge in [-0.25, -0.2) is 0 Å². The van der Waals surface area contributed by atoms with E-state index >= 15 is 4.39 Å². The number of ether oxygens (including phenoxy) is 1. The van der Waals surface area contributed by atoms with E-state index < -0.39 is 24.2 Å². The number of carbonyl (C=O) groups is 1. The van der Waals surface area contributed by atoms with E-state index in [1.54, 1.807) is 0 Å². The average Bonchev–Trinajstić information content (AvgIpc) is 2.58. The standard InChI is InChI=1S/C15H18ClFN3O2.3CH3.Sn/c1-2-22-14(21)11-8-3-5-9(6-4-8)12(11)19-13-10(17)7-18-15(16)20-13;;;;/h8-9,11-12H,2-6H2,1H3,(H,18,19,20);3*1H3;/t8?,9?,11-,12-;;;;/m0..../s1. The van der Waals surface area contributed by atoms with Crippen LogP contribution in [0.5, 0.6) is 0 Å². The summed E-state index contributed by atoms with van der Waals surface area (Å²) in [6, 6.07) is -0.162. The number of nitrogens with zero attached hydrogens (tertiary/aromatic N) is 2. The molecule has 0 aliphatic heterocycles. The summed E-state index contributed by atoms with van der Waals surface area (Å²) in [6.07, 6.45) is 4.15. The van der Waals surface area contributed by atoms with E-state index in [4.69, 9.17) is 16.3 Å². The number of rotatable bonds is 5. The molecule has 2 atom stereocenters. The molecule has 3 aliphatic carbocycles. The van der Waals surface area contributed by atoms with Gasteiger partial charge in [-0.15, -0.1) is 0 Å². The van der Waals surface area contributed by atoms with Crippen molar-refractivity contribution in [2.24, 2.45) is 17.8 Å². The molecule has 3 fully saturated rings. The topological polar surface area (TPSA) is 64.1 Å². The fourth-order valence-corrected chi connectivity index (χ4v) is 8.25. The molecule has 1 aromatic heterocycles. The molecule has 0 amide bonds. The van der Waals surface area contributed by atoms with Crippen LogP contribution in [0.25, 0.3) is 0 Å². The second kappa shape index (κ2) is 7.78. The van der Waals surface area contributed by atoms with Crippen molar-refractivity contribution in [3.8, 4) is 0 Å². The summed E-state index contributed by atoms with van der Waals surface area (Å²) in [5, 5.41) is 3.30. The Morgan fingerprint density at radius 3 is 2.42 bits per heavy atom. The molecule has 0 spiro atoms. The van der Waals surface area contributed by atoms with Crippen molar-refractivity contribution in [2.45, 2.75) is 53.5 Å². The van der Waals surface area contributed by atoms with E-state index in [1.807, 2.05) is 6.92 Å². The summed E-state index contributed by atoms with van der Waals surface area (Å²) in [7, 11) is 0. The first kappa shape index (κ1) is 20.1. The van der Waals surface area contributed by atoms with Crippen LogP contribution in [0.2, 0.25) is 20.1 Å². The van der Waals surface area contributed by atoms with Gasteiger partial charge in [-0.2, -0.15) is 0 Å². The number of carbonyl (C=O) groups excluding carboxylic acids is 1. The molecule has 26 heavy (non-hydrogen) atoms. The third-order valence-corrected chi connectivity index (χ3v) is 10.8. The van der Waals surface area contributed by atoms with Crippen LogP contribution < -0.4 is 9.03 Å². The molecule has 8 heteroatoms. The minimum absolute atomic E-state index is 0.0594. The van der Waals surface area contributed by atoms with E-state index in [9.17, 15) is 4.79 Å². The van der Waals surface area contributed by atoms with Crippen molar-refractivity contribution in [1.82, 2.24) is 9.97 Å². The normalized spacial score (nSPS) is 28.1. The first-order valence-corrected chi connectivity index (χ1v) is 19.8. The van der Waals surface area contributed by atoms with Gasteiger partial charge in [0.25, 0.3) is 0 Å². The number of halogens is 2. The predicted molar refractivity (Wildman–Crippen MR) is 103 cm³/mol. The van der Waals surface area contributed by atoms with Crippen molar-refractivity contribution in [1.29, 1.82) is 0 Å². The van der Waals surface area contributed by atoms with Crippen LogP contribution in [0, 0.1) is 23.6 Å². The van der Waals surface area contributed by atoms with Crippen LogP contribution in [0.1, 0.15) is 32.6 Å². The second-order valence-electron chi connectivity index (χ2n) is 8.38. The van der Waals surface area contributed by atoms with Gasteiger partial charge >= 0.3 is 164 Å². The van der Waals surface area contributed by atoms with Crippen LogP contribution in [0.4, 0.5) is 10.2 Å². The van der Waals surface area contributed by atoms with Crippen molar-refractivity contribution in [3.63, 3.8) is 0 Å². The van der Waals surface area contributed by atoms with E-state index in [2.05, 4.69) is 30.1 Å². The molecule has 3 aliphatic rings. The predicted octanol–water partition coefficient (Wildman–Crippen LogP) is 3.59. The Balaban J connectivity index is 1.93. The zero-order valence-corrected chi connectivity index (χ0v) is 19.4. The molecular weight excluding hydrogens is 463 g/mol. The van der Waals surface area contributed by atoms with Gasteiger partial charge in [-0.3, -0.25) is 0 Å². The number of aromatic nitrogens is 2. The number of nitrogens with one attached hydrogen (secondary N) is 1. The Morgan fingerprint density at radius 2 is 1.85 bits per heavy atom. The van der Waals surface area contributed by atoms with Gasteiger partial charge < -0.3 is 0 Å². The Kier molecular flexibility index (Phi) is 6.02. The average molecular weight is 491 g/mol. The molecule has 2 bridgehead atoms. The molecule has 1 heterocycles. The van der Waals surface area contributed by atoms with Crippen molar-refractivity contribution < 1.29 is 13.9 Å². The summed E-state index contributed by atoms with van der Waals surface area (Å²) in [5.41, 5.74) is 0. The Labute approximate surface area is 163 Å². The molecule has 1 aromatic rings. The third-order valence-electron chi connectivity index (χ3n) is 5.62. The first-order chi connectivity index (χ1) is 12.2. The van der Waals surface area contributed by atoms with Crippen LogP contribution in [-0.2, 0) is 9.53 Å². The van der Waals surface area contributed by atoms with Gasteiger partial charge in [0.1, 0.15) is 0 Å². The molecule has 4 rings (SSSR count). The van der Waals surface area contributed by atoms with Gasteiger partial charge in [0, 0.05) is 0 Å². The molecule has 0 saturated heterocycles. The van der Waals surface area contributed by atoms with Crippen molar-refractivity contribution >= 4 is 45.5 Å². The SMILES string of the molecule is CCOC(=O)[C@H]1C2CCC(CC2)[C@@H]1Nc1nc(Cl)n[c]([Sn]([CH3])([CH3])[CH3])c1F. The fourth-order valence-electron chi connectivity index (χ4n) is 4.41. The second-order valence-corrected chi connectivity index (χ2v) is 22.9. The molecule has 1 N–H and O–H groups in total. The zero-order valence-electron chi connectivity index (χ0n) is 15.8. The van der Waals surface area contributed by atoms with E-state index in [-0.39, 0.29) is 34.9 Å². The molecule has 144 valence electrons. The molecule has 5 nitrogen and oxygen atoms in total. The number of fused-ring (bicyclic) bond motifs is 3. The molecule has 0 unspecified atom stereocenters. The number of hydrogen-bond acceptors (Lipinski definition) is 5. The zero-order chi connectivity index (χ0) is 19.1.